The molecule has 0 aromatic heterocycles. The highest BCUT2D eigenvalue weighted by Gasteiger charge is 2.27. The van der Waals surface area contributed by atoms with Crippen LogP contribution in [0.4, 0.5) is 0 Å². The van der Waals surface area contributed by atoms with Gasteiger partial charge in [-0.1, -0.05) is 12.1 Å². The number of rotatable bonds is 4. The standard InChI is InChI=1S/C20H28N2O3/c23-20(18-3-1-2-16-6-13-25-19(16)18)21-14-15-4-9-22(10-5-15)17-7-11-24-12-8-17/h1-3,15,17H,4-14H2,(H,21,23). The molecule has 25 heavy (non-hydrogen) atoms. The van der Waals surface area contributed by atoms with E-state index in [2.05, 4.69) is 10.2 Å². The number of amides is 1. The minimum absolute atomic E-state index is 0.00519. The molecule has 0 bridgehead atoms. The van der Waals surface area contributed by atoms with Crippen molar-refractivity contribution in [3.05, 3.63) is 29.3 Å². The molecule has 0 unspecified atom stereocenters. The van der Waals surface area contributed by atoms with Crippen molar-refractivity contribution in [1.82, 2.24) is 10.2 Å². The molecule has 5 nitrogen and oxygen atoms in total. The fraction of sp³-hybridized carbons (Fsp3) is 0.650. The summed E-state index contributed by atoms with van der Waals surface area (Å²) in [4.78, 5) is 15.2. The van der Waals surface area contributed by atoms with Gasteiger partial charge in [0.2, 0.25) is 0 Å². The first-order valence-electron chi connectivity index (χ1n) is 9.66. The van der Waals surface area contributed by atoms with Gasteiger partial charge in [0.25, 0.3) is 5.91 Å². The molecule has 0 atom stereocenters. The Balaban J connectivity index is 1.25. The molecule has 2 fully saturated rings. The molecule has 0 radical (unpaired) electrons. The Morgan fingerprint density at radius 1 is 1.12 bits per heavy atom. The number of benzene rings is 1. The van der Waals surface area contributed by atoms with Crippen LogP contribution in [0, 0.1) is 5.92 Å². The Kier molecular flexibility index (Phi) is 5.22. The molecule has 0 spiro atoms. The number of para-hydroxylation sites is 1. The SMILES string of the molecule is O=C(NCC1CCN(C2CCOCC2)CC1)c1cccc2c1OCC2. The summed E-state index contributed by atoms with van der Waals surface area (Å²) in [7, 11) is 0. The normalized spacial score (nSPS) is 22.4. The molecule has 1 aromatic carbocycles. The third-order valence-corrected chi connectivity index (χ3v) is 5.87. The van der Waals surface area contributed by atoms with Crippen molar-refractivity contribution in [2.45, 2.75) is 38.1 Å². The van der Waals surface area contributed by atoms with E-state index < -0.39 is 0 Å². The summed E-state index contributed by atoms with van der Waals surface area (Å²) in [5, 5.41) is 3.14. The van der Waals surface area contributed by atoms with Crippen LogP contribution in [0.25, 0.3) is 0 Å². The molecule has 136 valence electrons. The van der Waals surface area contributed by atoms with Gasteiger partial charge in [-0.25, -0.2) is 0 Å². The van der Waals surface area contributed by atoms with Crippen LogP contribution in [0.1, 0.15) is 41.6 Å². The fourth-order valence-electron chi connectivity index (χ4n) is 4.30. The number of nitrogens with one attached hydrogen (secondary N) is 1. The van der Waals surface area contributed by atoms with Crippen LogP contribution < -0.4 is 10.1 Å². The predicted molar refractivity (Wildman–Crippen MR) is 96.1 cm³/mol. The zero-order valence-corrected chi connectivity index (χ0v) is 14.8. The molecule has 3 aliphatic heterocycles. The average molecular weight is 344 g/mol. The van der Waals surface area contributed by atoms with E-state index in [1.165, 1.54) is 25.7 Å². The van der Waals surface area contributed by atoms with E-state index in [0.29, 0.717) is 24.1 Å². The summed E-state index contributed by atoms with van der Waals surface area (Å²) in [5.41, 5.74) is 1.84. The van der Waals surface area contributed by atoms with Crippen LogP contribution in [0.3, 0.4) is 0 Å². The van der Waals surface area contributed by atoms with Crippen LogP contribution in [0.2, 0.25) is 0 Å². The highest BCUT2D eigenvalue weighted by molar-refractivity contribution is 5.97. The maximum Gasteiger partial charge on any atom is 0.255 e. The number of ether oxygens (including phenoxy) is 2. The number of carbonyl (C=O) groups excluding carboxylic acids is 1. The number of nitrogens with zero attached hydrogens (tertiary/aromatic N) is 1. The number of likely N-dealkylation sites (tertiary alicyclic amines) is 1. The fourth-order valence-corrected chi connectivity index (χ4v) is 4.30. The van der Waals surface area contributed by atoms with Crippen LogP contribution in [-0.4, -0.2) is 56.3 Å². The monoisotopic (exact) mass is 344 g/mol. The van der Waals surface area contributed by atoms with Crippen molar-refractivity contribution in [2.75, 3.05) is 39.5 Å². The van der Waals surface area contributed by atoms with Gasteiger partial charge in [0.15, 0.2) is 0 Å². The van der Waals surface area contributed by atoms with Crippen molar-refractivity contribution >= 4 is 5.91 Å². The second kappa shape index (κ2) is 7.75. The molecule has 3 heterocycles. The third kappa shape index (κ3) is 3.82. The molecule has 1 aromatic rings. The first-order chi connectivity index (χ1) is 12.3. The number of hydrogen-bond donors (Lipinski definition) is 1. The van der Waals surface area contributed by atoms with Crippen molar-refractivity contribution < 1.29 is 14.3 Å². The molecular formula is C20H28N2O3. The largest absolute Gasteiger partial charge is 0.492 e. The maximum absolute atomic E-state index is 12.5. The summed E-state index contributed by atoms with van der Waals surface area (Å²) in [5.74, 6) is 1.37. The molecule has 0 aliphatic carbocycles. The minimum atomic E-state index is 0.00519. The van der Waals surface area contributed by atoms with Gasteiger partial charge >= 0.3 is 0 Å². The van der Waals surface area contributed by atoms with Crippen LogP contribution in [0.15, 0.2) is 18.2 Å². The minimum Gasteiger partial charge on any atom is -0.492 e. The lowest BCUT2D eigenvalue weighted by Crippen LogP contribution is -2.45. The first-order valence-corrected chi connectivity index (χ1v) is 9.66. The van der Waals surface area contributed by atoms with E-state index in [9.17, 15) is 4.79 Å². The van der Waals surface area contributed by atoms with Gasteiger partial charge in [-0.3, -0.25) is 4.79 Å². The Morgan fingerprint density at radius 3 is 2.72 bits per heavy atom. The Morgan fingerprint density at radius 2 is 1.92 bits per heavy atom. The lowest BCUT2D eigenvalue weighted by atomic mass is 9.94. The molecule has 1 amide bonds. The van der Waals surface area contributed by atoms with Crippen LogP contribution in [0.5, 0.6) is 5.75 Å². The predicted octanol–water partition coefficient (Wildman–Crippen LogP) is 2.24. The summed E-state index contributed by atoms with van der Waals surface area (Å²) in [6.07, 6.45) is 5.57. The molecule has 3 aliphatic rings. The smallest absolute Gasteiger partial charge is 0.255 e. The highest BCUT2D eigenvalue weighted by atomic mass is 16.5. The lowest BCUT2D eigenvalue weighted by molar-refractivity contribution is 0.0211. The van der Waals surface area contributed by atoms with Crippen molar-refractivity contribution in [1.29, 1.82) is 0 Å². The van der Waals surface area contributed by atoms with Crippen molar-refractivity contribution in [3.63, 3.8) is 0 Å². The Hall–Kier alpha value is -1.59. The van der Waals surface area contributed by atoms with E-state index in [0.717, 1.165) is 50.6 Å². The van der Waals surface area contributed by atoms with Gasteiger partial charge in [-0.2, -0.15) is 0 Å². The van der Waals surface area contributed by atoms with Crippen LogP contribution in [-0.2, 0) is 11.2 Å². The summed E-state index contributed by atoms with van der Waals surface area (Å²) < 4.78 is 11.1. The zero-order valence-electron chi connectivity index (χ0n) is 14.8. The van der Waals surface area contributed by atoms with Gasteiger partial charge < -0.3 is 19.7 Å². The number of fused-ring (bicyclic) bond motifs is 1. The second-order valence-electron chi connectivity index (χ2n) is 7.43. The average Bonchev–Trinajstić information content (AvgIpc) is 3.16. The van der Waals surface area contributed by atoms with Gasteiger partial charge in [-0.05, 0) is 56.3 Å². The van der Waals surface area contributed by atoms with E-state index in [1.54, 1.807) is 0 Å². The Labute approximate surface area is 149 Å². The highest BCUT2D eigenvalue weighted by Crippen LogP contribution is 2.29. The maximum atomic E-state index is 12.5. The molecule has 0 saturated carbocycles. The first kappa shape index (κ1) is 16.9. The van der Waals surface area contributed by atoms with Gasteiger partial charge in [0, 0.05) is 32.2 Å². The van der Waals surface area contributed by atoms with E-state index in [1.807, 2.05) is 18.2 Å². The molecule has 4 rings (SSSR count). The number of hydrogen-bond acceptors (Lipinski definition) is 4. The van der Waals surface area contributed by atoms with Gasteiger partial charge in [-0.15, -0.1) is 0 Å². The summed E-state index contributed by atoms with van der Waals surface area (Å²) in [6, 6.07) is 6.57. The third-order valence-electron chi connectivity index (χ3n) is 5.87. The number of piperidine rings is 1. The van der Waals surface area contributed by atoms with E-state index in [4.69, 9.17) is 9.47 Å². The Bertz CT molecular complexity index is 605. The topological polar surface area (TPSA) is 50.8 Å². The lowest BCUT2D eigenvalue weighted by Gasteiger charge is -2.39. The molecule has 1 N–H and O–H groups in total. The quantitative estimate of drug-likeness (QED) is 0.910. The molecule has 5 heteroatoms. The molecule has 2 saturated heterocycles. The zero-order chi connectivity index (χ0) is 17.1. The van der Waals surface area contributed by atoms with Gasteiger partial charge in [0.05, 0.1) is 12.2 Å². The number of carbonyl (C=O) groups is 1. The van der Waals surface area contributed by atoms with Crippen LogP contribution >= 0.6 is 0 Å². The van der Waals surface area contributed by atoms with Crippen molar-refractivity contribution in [2.24, 2.45) is 5.92 Å². The van der Waals surface area contributed by atoms with Crippen molar-refractivity contribution in [3.8, 4) is 5.75 Å². The second-order valence-corrected chi connectivity index (χ2v) is 7.43. The van der Waals surface area contributed by atoms with E-state index in [-0.39, 0.29) is 5.91 Å². The molecular weight excluding hydrogens is 316 g/mol. The van der Waals surface area contributed by atoms with Gasteiger partial charge in [0.1, 0.15) is 5.75 Å². The van der Waals surface area contributed by atoms with E-state index >= 15 is 0 Å². The summed E-state index contributed by atoms with van der Waals surface area (Å²) >= 11 is 0. The summed E-state index contributed by atoms with van der Waals surface area (Å²) in [6.45, 7) is 5.56.